The summed E-state index contributed by atoms with van der Waals surface area (Å²) in [5, 5.41) is 18.5. The number of nitrogens with one attached hydrogen (secondary N) is 2. The van der Waals surface area contributed by atoms with Gasteiger partial charge < -0.3 is 25.0 Å². The van der Waals surface area contributed by atoms with E-state index in [1.54, 1.807) is 60.7 Å². The predicted octanol–water partition coefficient (Wildman–Crippen LogP) is 6.67. The summed E-state index contributed by atoms with van der Waals surface area (Å²) in [6.07, 6.45) is 1.39. The second kappa shape index (κ2) is 25.9. The van der Waals surface area contributed by atoms with Crippen LogP contribution < -0.4 is 21.2 Å². The van der Waals surface area contributed by atoms with Crippen molar-refractivity contribution in [3.8, 4) is 0 Å². The molecule has 1 aliphatic heterocycles. The Bertz CT molecular complexity index is 2190. The Kier molecular flexibility index (Phi) is 20.4. The molecule has 4 aromatic rings. The van der Waals surface area contributed by atoms with Crippen molar-refractivity contribution >= 4 is 47.1 Å². The molecule has 1 saturated heterocycles. The number of nitrogens with zero attached hydrogens (tertiary/aromatic N) is 1. The lowest BCUT2D eigenvalue weighted by Crippen LogP contribution is -2.54. The Labute approximate surface area is 397 Å². The highest BCUT2D eigenvalue weighted by Crippen LogP contribution is 2.45. The Balaban J connectivity index is 1.35. The van der Waals surface area contributed by atoms with Gasteiger partial charge in [-0.3, -0.25) is 33.4 Å². The van der Waals surface area contributed by atoms with Crippen LogP contribution in [-0.4, -0.2) is 96.3 Å². The largest absolute Gasteiger partial charge is 0.380 e. The first kappa shape index (κ1) is 52.9. The minimum absolute atomic E-state index is 0.00190. The molecule has 5 atom stereocenters. The molecule has 360 valence electrons. The number of aliphatic hydroxyl groups is 1. The lowest BCUT2D eigenvalue weighted by atomic mass is 9.86. The number of hydrogen-bond donors (Lipinski definition) is 3. The molecule has 0 unspecified atom stereocenters. The van der Waals surface area contributed by atoms with Gasteiger partial charge in [0.15, 0.2) is 11.6 Å². The van der Waals surface area contributed by atoms with E-state index in [1.807, 2.05) is 93.3 Å². The third kappa shape index (κ3) is 16.6. The average molecular weight is 936 g/mol. The molecule has 0 aliphatic carbocycles. The second-order valence-electron chi connectivity index (χ2n) is 18.9. The van der Waals surface area contributed by atoms with Gasteiger partial charge in [-0.1, -0.05) is 125 Å². The van der Waals surface area contributed by atoms with Crippen molar-refractivity contribution in [2.24, 2.45) is 23.7 Å². The number of carbonyl (C=O) groups is 5. The smallest absolute Gasteiger partial charge is 0.261 e. The summed E-state index contributed by atoms with van der Waals surface area (Å²) in [5.41, 5.74) is -0.345. The average Bonchev–Trinajstić information content (AvgIpc) is 3.32. The molecule has 0 spiro atoms. The number of morpholine rings is 1. The van der Waals surface area contributed by atoms with Gasteiger partial charge in [-0.15, -0.1) is 0 Å². The molecule has 2 amide bonds. The molecule has 0 radical (unpaired) electrons. The maximum absolute atomic E-state index is 14.6. The van der Waals surface area contributed by atoms with Gasteiger partial charge in [0.1, 0.15) is 11.4 Å². The van der Waals surface area contributed by atoms with Gasteiger partial charge in [-0.2, -0.15) is 0 Å². The number of ketones is 3. The maximum atomic E-state index is 14.6. The Morgan fingerprint density at radius 1 is 0.687 bits per heavy atom. The fourth-order valence-electron chi connectivity index (χ4n) is 8.43. The molecule has 0 aromatic heterocycles. The molecule has 0 bridgehead atoms. The van der Waals surface area contributed by atoms with E-state index >= 15 is 0 Å². The molecular weight excluding hydrogens is 866 g/mol. The minimum Gasteiger partial charge on any atom is -0.380 e. The van der Waals surface area contributed by atoms with Crippen LogP contribution in [0.15, 0.2) is 121 Å². The van der Waals surface area contributed by atoms with E-state index in [0.29, 0.717) is 56.2 Å². The number of rotatable bonds is 27. The van der Waals surface area contributed by atoms with E-state index in [9.17, 15) is 33.6 Å². The second-order valence-corrected chi connectivity index (χ2v) is 21.3. The summed E-state index contributed by atoms with van der Waals surface area (Å²) in [7, 11) is -3.78. The van der Waals surface area contributed by atoms with Crippen LogP contribution in [0.2, 0.25) is 0 Å². The van der Waals surface area contributed by atoms with Crippen LogP contribution in [0.1, 0.15) is 77.8 Å². The molecule has 5 rings (SSSR count). The molecule has 1 heterocycles. The lowest BCUT2D eigenvalue weighted by molar-refractivity contribution is -0.144. The van der Waals surface area contributed by atoms with Crippen molar-refractivity contribution in [2.75, 3.05) is 39.5 Å². The van der Waals surface area contributed by atoms with Gasteiger partial charge in [0.25, 0.3) is 7.37 Å². The zero-order chi connectivity index (χ0) is 48.4. The molecule has 12 nitrogen and oxygen atoms in total. The molecule has 67 heavy (non-hydrogen) atoms. The van der Waals surface area contributed by atoms with E-state index in [-0.39, 0.29) is 61.5 Å². The quantitative estimate of drug-likeness (QED) is 0.0550. The van der Waals surface area contributed by atoms with E-state index in [4.69, 9.17) is 9.26 Å². The van der Waals surface area contributed by atoms with Gasteiger partial charge in [0, 0.05) is 48.4 Å². The summed E-state index contributed by atoms with van der Waals surface area (Å²) in [4.78, 5) is 73.3. The lowest BCUT2D eigenvalue weighted by Gasteiger charge is -2.31. The van der Waals surface area contributed by atoms with Crippen molar-refractivity contribution in [1.82, 2.24) is 15.5 Å². The molecule has 0 saturated carbocycles. The summed E-state index contributed by atoms with van der Waals surface area (Å²) >= 11 is 0. The van der Waals surface area contributed by atoms with E-state index in [0.717, 1.165) is 11.1 Å². The summed E-state index contributed by atoms with van der Waals surface area (Å²) in [6.45, 7) is 11.0. The van der Waals surface area contributed by atoms with Crippen LogP contribution in [0.4, 0.5) is 0 Å². The number of ether oxygens (including phenoxy) is 1. The number of hydrogen-bond acceptors (Lipinski definition) is 10. The van der Waals surface area contributed by atoms with Gasteiger partial charge in [-0.05, 0) is 86.3 Å². The van der Waals surface area contributed by atoms with E-state index in [1.165, 1.54) is 6.92 Å². The third-order valence-corrected chi connectivity index (χ3v) is 14.6. The fourth-order valence-corrected chi connectivity index (χ4v) is 10.6. The van der Waals surface area contributed by atoms with E-state index < -0.39 is 55.2 Å². The van der Waals surface area contributed by atoms with Gasteiger partial charge in [0.2, 0.25) is 11.8 Å². The van der Waals surface area contributed by atoms with Crippen LogP contribution in [-0.2, 0) is 50.6 Å². The first-order chi connectivity index (χ1) is 32.0. The molecule has 1 aliphatic rings. The normalized spacial score (nSPS) is 16.1. The third-order valence-electron chi connectivity index (χ3n) is 12.1. The highest BCUT2D eigenvalue weighted by atomic mass is 31.2. The molecule has 1 fully saturated rings. The summed E-state index contributed by atoms with van der Waals surface area (Å²) < 4.78 is 26.2. The number of carbonyl (C=O) groups excluding carboxylic acids is 5. The van der Waals surface area contributed by atoms with Crippen molar-refractivity contribution in [3.05, 3.63) is 132 Å². The molecule has 4 aromatic carbocycles. The van der Waals surface area contributed by atoms with Gasteiger partial charge in [0.05, 0.1) is 38.4 Å². The van der Waals surface area contributed by atoms with Crippen molar-refractivity contribution in [2.45, 2.75) is 97.2 Å². The zero-order valence-electron chi connectivity index (χ0n) is 39.8. The first-order valence-corrected chi connectivity index (χ1v) is 25.3. The topological polar surface area (TPSA) is 168 Å². The predicted molar refractivity (Wildman–Crippen MR) is 263 cm³/mol. The first-order valence-electron chi connectivity index (χ1n) is 23.7. The van der Waals surface area contributed by atoms with Gasteiger partial charge in [-0.25, -0.2) is 0 Å². The Hall–Kier alpha value is -5.10. The standard InChI is InChI=1S/C54H70N3O9P/c1-39(2)32-48(55-52(61)43(27-26-41-18-10-6-11-19-41)35-45(58)37-57-28-30-65-31-29-57)50(59)36-44(34-42-20-12-7-13-21-42)53(62)56-49(33-40(3)4)51(60)54(5,63)38-66-67(64,46-22-14-8-15-23-46)47-24-16-9-17-25-47/h6-25,39-40,43-44,48-49,63H,26-38H2,1-5H3,(H,55,61)(H,56,62)/t43-,44-,48+,49+,54-/m1/s1. The van der Waals surface area contributed by atoms with Crippen LogP contribution in [0.3, 0.4) is 0 Å². The van der Waals surface area contributed by atoms with Crippen LogP contribution >= 0.6 is 7.37 Å². The highest BCUT2D eigenvalue weighted by Gasteiger charge is 2.41. The van der Waals surface area contributed by atoms with Crippen molar-refractivity contribution < 1.29 is 42.9 Å². The fraction of sp³-hybridized carbons (Fsp3) is 0.463. The summed E-state index contributed by atoms with van der Waals surface area (Å²) in [5.74, 6) is -3.80. The number of amides is 2. The molecular formula is C54H70N3O9P. The van der Waals surface area contributed by atoms with Crippen LogP contribution in [0.25, 0.3) is 0 Å². The SMILES string of the molecule is CC(C)C[C@H](NC(=O)[C@H](CCc1ccccc1)CC(=O)CN1CCOCC1)C(=O)C[C@@H](Cc1ccccc1)C(=O)N[C@@H](CC(C)C)C(=O)[C@](C)(O)COP(=O)(c1ccccc1)c1ccccc1. The summed E-state index contributed by atoms with van der Waals surface area (Å²) in [6, 6.07) is 34.1. The number of benzene rings is 4. The molecule has 3 N–H and O–H groups in total. The van der Waals surface area contributed by atoms with E-state index in [2.05, 4.69) is 10.6 Å². The minimum atomic E-state index is -3.78. The zero-order valence-corrected chi connectivity index (χ0v) is 40.7. The van der Waals surface area contributed by atoms with Crippen molar-refractivity contribution in [3.63, 3.8) is 0 Å². The molecule has 13 heteroatoms. The Morgan fingerprint density at radius 3 is 1.70 bits per heavy atom. The maximum Gasteiger partial charge on any atom is 0.261 e. The Morgan fingerprint density at radius 2 is 1.16 bits per heavy atom. The number of Topliss-reactive ketones (excluding diaryl/α,β-unsaturated/α-hetero) is 3. The van der Waals surface area contributed by atoms with Gasteiger partial charge >= 0.3 is 0 Å². The monoisotopic (exact) mass is 935 g/mol. The highest BCUT2D eigenvalue weighted by molar-refractivity contribution is 7.74. The van der Waals surface area contributed by atoms with Crippen LogP contribution in [0.5, 0.6) is 0 Å². The van der Waals surface area contributed by atoms with Crippen LogP contribution in [0, 0.1) is 23.7 Å². The number of aryl methyl sites for hydroxylation is 1. The van der Waals surface area contributed by atoms with Crippen molar-refractivity contribution in [1.29, 1.82) is 0 Å².